The van der Waals surface area contributed by atoms with Gasteiger partial charge in [-0.3, -0.25) is 4.98 Å². The van der Waals surface area contributed by atoms with Crippen LogP contribution in [0.2, 0.25) is 0 Å². The van der Waals surface area contributed by atoms with Crippen molar-refractivity contribution in [3.8, 4) is 0 Å². The average molecular weight is 199 g/mol. The van der Waals surface area contributed by atoms with Crippen molar-refractivity contribution in [3.05, 3.63) is 54.0 Å². The van der Waals surface area contributed by atoms with Gasteiger partial charge in [0, 0.05) is 25.1 Å². The largest absolute Gasteiger partial charge is 0.366 e. The van der Waals surface area contributed by atoms with Gasteiger partial charge in [-0.15, -0.1) is 0 Å². The van der Waals surface area contributed by atoms with Crippen LogP contribution >= 0.6 is 0 Å². The van der Waals surface area contributed by atoms with Crippen LogP contribution in [0.15, 0.2) is 42.9 Å². The van der Waals surface area contributed by atoms with Crippen LogP contribution in [0, 0.1) is 6.92 Å². The van der Waals surface area contributed by atoms with E-state index in [0.29, 0.717) is 0 Å². The fourth-order valence-electron chi connectivity index (χ4n) is 1.27. The van der Waals surface area contributed by atoms with Crippen LogP contribution in [-0.4, -0.2) is 9.97 Å². The summed E-state index contributed by atoms with van der Waals surface area (Å²) < 4.78 is 0. The number of anilines is 1. The van der Waals surface area contributed by atoms with E-state index in [4.69, 9.17) is 0 Å². The molecule has 1 N–H and O–H groups in total. The maximum Gasteiger partial charge on any atom is 0.126 e. The molecule has 0 radical (unpaired) electrons. The van der Waals surface area contributed by atoms with Gasteiger partial charge in [0.15, 0.2) is 0 Å². The van der Waals surface area contributed by atoms with Crippen LogP contribution < -0.4 is 5.32 Å². The smallest absolute Gasteiger partial charge is 0.126 e. The van der Waals surface area contributed by atoms with Crippen LogP contribution in [0.3, 0.4) is 0 Å². The molecule has 0 saturated heterocycles. The molecule has 0 aliphatic heterocycles. The van der Waals surface area contributed by atoms with Gasteiger partial charge in [-0.25, -0.2) is 4.98 Å². The molecular formula is C12H13N3. The Kier molecular flexibility index (Phi) is 2.93. The number of nitrogens with one attached hydrogen (secondary N) is 1. The van der Waals surface area contributed by atoms with Crippen LogP contribution in [-0.2, 0) is 6.54 Å². The highest BCUT2D eigenvalue weighted by Gasteiger charge is 1.94. The third kappa shape index (κ3) is 2.77. The molecule has 2 aromatic heterocycles. The average Bonchev–Trinajstić information content (AvgIpc) is 2.30. The van der Waals surface area contributed by atoms with E-state index in [-0.39, 0.29) is 0 Å². The van der Waals surface area contributed by atoms with Gasteiger partial charge in [0.1, 0.15) is 5.82 Å². The molecule has 15 heavy (non-hydrogen) atoms. The van der Waals surface area contributed by atoms with Crippen molar-refractivity contribution in [3.63, 3.8) is 0 Å². The second-order valence-corrected chi connectivity index (χ2v) is 3.44. The summed E-state index contributed by atoms with van der Waals surface area (Å²) in [5, 5.41) is 3.24. The Morgan fingerprint density at radius 3 is 2.80 bits per heavy atom. The molecule has 0 bridgehead atoms. The quantitative estimate of drug-likeness (QED) is 0.824. The highest BCUT2D eigenvalue weighted by atomic mass is 15.0. The molecule has 0 atom stereocenters. The first-order chi connectivity index (χ1) is 7.34. The lowest BCUT2D eigenvalue weighted by molar-refractivity contribution is 1.08. The van der Waals surface area contributed by atoms with Gasteiger partial charge in [-0.1, -0.05) is 12.1 Å². The predicted octanol–water partition coefficient (Wildman–Crippen LogP) is 2.40. The Morgan fingerprint density at radius 2 is 2.13 bits per heavy atom. The van der Waals surface area contributed by atoms with Gasteiger partial charge < -0.3 is 5.32 Å². The number of nitrogens with zero attached hydrogens (tertiary/aromatic N) is 2. The van der Waals surface area contributed by atoms with Gasteiger partial charge in [0.05, 0.1) is 0 Å². The van der Waals surface area contributed by atoms with Gasteiger partial charge in [-0.2, -0.15) is 0 Å². The fraction of sp³-hybridized carbons (Fsp3) is 0.167. The first kappa shape index (κ1) is 9.65. The summed E-state index contributed by atoms with van der Waals surface area (Å²) in [5.41, 5.74) is 2.32. The maximum atomic E-state index is 4.26. The molecule has 0 aliphatic carbocycles. The van der Waals surface area contributed by atoms with Gasteiger partial charge in [0.2, 0.25) is 0 Å². The minimum atomic E-state index is 0.754. The Balaban J connectivity index is 1.96. The van der Waals surface area contributed by atoms with E-state index in [1.807, 2.05) is 43.6 Å². The predicted molar refractivity (Wildman–Crippen MR) is 60.5 cm³/mol. The van der Waals surface area contributed by atoms with E-state index in [1.165, 1.54) is 5.56 Å². The van der Waals surface area contributed by atoms with Crippen LogP contribution in [0.4, 0.5) is 5.82 Å². The zero-order valence-corrected chi connectivity index (χ0v) is 8.64. The fourth-order valence-corrected chi connectivity index (χ4v) is 1.27. The van der Waals surface area contributed by atoms with E-state index in [2.05, 4.69) is 15.3 Å². The first-order valence-corrected chi connectivity index (χ1v) is 4.90. The Morgan fingerprint density at radius 1 is 1.20 bits per heavy atom. The normalized spacial score (nSPS) is 9.93. The first-order valence-electron chi connectivity index (χ1n) is 4.90. The summed E-state index contributed by atoms with van der Waals surface area (Å²) in [5.74, 6) is 0.893. The number of pyridine rings is 2. The molecule has 2 aromatic rings. The third-order valence-electron chi connectivity index (χ3n) is 2.11. The summed E-state index contributed by atoms with van der Waals surface area (Å²) >= 11 is 0. The van der Waals surface area contributed by atoms with Crippen molar-refractivity contribution in [1.29, 1.82) is 0 Å². The molecule has 0 aliphatic rings. The van der Waals surface area contributed by atoms with Gasteiger partial charge >= 0.3 is 0 Å². The molecule has 2 heterocycles. The summed E-state index contributed by atoms with van der Waals surface area (Å²) in [6.45, 7) is 2.78. The van der Waals surface area contributed by atoms with E-state index < -0.39 is 0 Å². The highest BCUT2D eigenvalue weighted by Crippen LogP contribution is 2.05. The van der Waals surface area contributed by atoms with E-state index in [1.54, 1.807) is 6.20 Å². The Labute approximate surface area is 89.2 Å². The van der Waals surface area contributed by atoms with Crippen molar-refractivity contribution >= 4 is 5.82 Å². The van der Waals surface area contributed by atoms with Crippen LogP contribution in [0.25, 0.3) is 0 Å². The Hall–Kier alpha value is -1.90. The zero-order chi connectivity index (χ0) is 10.5. The summed E-state index contributed by atoms with van der Waals surface area (Å²) in [4.78, 5) is 8.31. The number of aromatic nitrogens is 2. The van der Waals surface area contributed by atoms with Crippen molar-refractivity contribution < 1.29 is 0 Å². The monoisotopic (exact) mass is 199 g/mol. The molecule has 0 unspecified atom stereocenters. The minimum Gasteiger partial charge on any atom is -0.366 e. The maximum absolute atomic E-state index is 4.26. The molecule has 3 heteroatoms. The molecular weight excluding hydrogens is 186 g/mol. The van der Waals surface area contributed by atoms with Crippen molar-refractivity contribution in [2.24, 2.45) is 0 Å². The number of aryl methyl sites for hydroxylation is 1. The SMILES string of the molecule is Cc1ccc(NCc2cccnc2)nc1. The zero-order valence-electron chi connectivity index (χ0n) is 8.64. The van der Waals surface area contributed by atoms with E-state index >= 15 is 0 Å². The van der Waals surface area contributed by atoms with Gasteiger partial charge in [0.25, 0.3) is 0 Å². The van der Waals surface area contributed by atoms with E-state index in [0.717, 1.165) is 17.9 Å². The molecule has 0 amide bonds. The molecule has 0 aromatic carbocycles. The lowest BCUT2D eigenvalue weighted by Gasteiger charge is -2.04. The minimum absolute atomic E-state index is 0.754. The molecule has 0 spiro atoms. The number of hydrogen-bond donors (Lipinski definition) is 1. The van der Waals surface area contributed by atoms with E-state index in [9.17, 15) is 0 Å². The molecule has 2 rings (SSSR count). The third-order valence-corrected chi connectivity index (χ3v) is 2.11. The standard InChI is InChI=1S/C12H13N3/c1-10-4-5-12(14-7-10)15-9-11-3-2-6-13-8-11/h2-8H,9H2,1H3,(H,14,15). The Bertz CT molecular complexity index is 409. The molecule has 3 nitrogen and oxygen atoms in total. The lowest BCUT2D eigenvalue weighted by atomic mass is 10.3. The summed E-state index contributed by atoms with van der Waals surface area (Å²) in [6.07, 6.45) is 5.47. The lowest BCUT2D eigenvalue weighted by Crippen LogP contribution is -2.01. The van der Waals surface area contributed by atoms with Crippen molar-refractivity contribution in [1.82, 2.24) is 9.97 Å². The second-order valence-electron chi connectivity index (χ2n) is 3.44. The summed E-state index contributed by atoms with van der Waals surface area (Å²) in [7, 11) is 0. The van der Waals surface area contributed by atoms with Crippen LogP contribution in [0.1, 0.15) is 11.1 Å². The molecule has 0 fully saturated rings. The van der Waals surface area contributed by atoms with Gasteiger partial charge in [-0.05, 0) is 30.2 Å². The van der Waals surface area contributed by atoms with Crippen LogP contribution in [0.5, 0.6) is 0 Å². The molecule has 0 saturated carbocycles. The topological polar surface area (TPSA) is 37.8 Å². The second kappa shape index (κ2) is 4.55. The number of hydrogen-bond acceptors (Lipinski definition) is 3. The highest BCUT2D eigenvalue weighted by molar-refractivity contribution is 5.36. The molecule has 76 valence electrons. The number of rotatable bonds is 3. The summed E-state index contributed by atoms with van der Waals surface area (Å²) in [6, 6.07) is 7.98. The van der Waals surface area contributed by atoms with Crippen molar-refractivity contribution in [2.45, 2.75) is 13.5 Å². The van der Waals surface area contributed by atoms with Crippen molar-refractivity contribution in [2.75, 3.05) is 5.32 Å².